The van der Waals surface area contributed by atoms with E-state index in [1.165, 1.54) is 54.0 Å². The molecule has 196 valence electrons. The summed E-state index contributed by atoms with van der Waals surface area (Å²) in [5.41, 5.74) is 4.94. The molecule has 17 heteroatoms. The van der Waals surface area contributed by atoms with Crippen LogP contribution in [0.5, 0.6) is 23.0 Å². The van der Waals surface area contributed by atoms with Crippen LogP contribution in [0.25, 0.3) is 0 Å². The number of hydrogen-bond donors (Lipinski definition) is 2. The molecule has 38 heavy (non-hydrogen) atoms. The Morgan fingerprint density at radius 3 is 2.24 bits per heavy atom. The van der Waals surface area contributed by atoms with Gasteiger partial charge in [-0.05, 0) is 30.3 Å². The average Bonchev–Trinajstić information content (AvgIpc) is 2.76. The summed E-state index contributed by atoms with van der Waals surface area (Å²) in [6.45, 7) is 0. The number of anilines is 1. The summed E-state index contributed by atoms with van der Waals surface area (Å²) in [5.74, 6) is -5.73. The van der Waals surface area contributed by atoms with Crippen LogP contribution in [0.1, 0.15) is 20.8 Å². The quantitative estimate of drug-likeness (QED) is 0.318. The topological polar surface area (TPSA) is 113 Å². The van der Waals surface area contributed by atoms with Crippen LogP contribution in [0, 0.1) is 5.82 Å². The van der Waals surface area contributed by atoms with Crippen molar-refractivity contribution in [1.29, 1.82) is 0 Å². The van der Waals surface area contributed by atoms with Gasteiger partial charge in [0.2, 0.25) is 5.82 Å². The van der Waals surface area contributed by atoms with E-state index in [-0.39, 0.29) is 32.7 Å². The number of rotatable bonds is 8. The van der Waals surface area contributed by atoms with Crippen LogP contribution in [0.15, 0.2) is 42.6 Å². The molecule has 0 aliphatic carbocycles. The number of nitrogens with zero attached hydrogens (tertiary/aromatic N) is 1. The molecular formula is C21H16B3Cl2F4N3O5. The minimum atomic E-state index is -5.17. The third-order valence-corrected chi connectivity index (χ3v) is 4.91. The van der Waals surface area contributed by atoms with Crippen molar-refractivity contribution in [2.24, 2.45) is 5.73 Å². The predicted molar refractivity (Wildman–Crippen MR) is 139 cm³/mol. The highest BCUT2D eigenvalue weighted by Crippen LogP contribution is 2.43. The maximum atomic E-state index is 15.1. The standard InChI is InChI=1S/C21H16B3Cl2F4N3O5/c22-20(23,24)38-17-13(2-1-12(16(17)27)37-21(28,29)30)36-14-6-8(25)5-10(26)15(14)19(35)33-9-3-4-32-11(7-9)18(31)34/h1-7H,22-24H2,(H2,31,34)(H,32,33,35). The third-order valence-electron chi connectivity index (χ3n) is 4.40. The van der Waals surface area contributed by atoms with Crippen molar-refractivity contribution in [3.05, 3.63) is 69.7 Å². The fraction of sp³-hybridized carbons (Fsp3) is 0.0952. The molecule has 0 aliphatic heterocycles. The lowest BCUT2D eigenvalue weighted by atomic mass is 9.52. The summed E-state index contributed by atoms with van der Waals surface area (Å²) >= 11 is 12.3. The van der Waals surface area contributed by atoms with Crippen molar-refractivity contribution < 1.29 is 41.4 Å². The van der Waals surface area contributed by atoms with E-state index >= 15 is 4.39 Å². The molecule has 3 aromatic rings. The Balaban J connectivity index is 2.06. The van der Waals surface area contributed by atoms with Gasteiger partial charge in [-0.15, -0.1) is 13.2 Å². The molecule has 0 bridgehead atoms. The fourth-order valence-electron chi connectivity index (χ4n) is 3.01. The number of carbonyl (C=O) groups is 2. The largest absolute Gasteiger partial charge is 0.573 e. The molecule has 0 saturated carbocycles. The first-order valence-corrected chi connectivity index (χ1v) is 11.3. The van der Waals surface area contributed by atoms with Gasteiger partial charge in [-0.25, -0.2) is 0 Å². The Kier molecular flexibility index (Phi) is 8.42. The van der Waals surface area contributed by atoms with E-state index in [1.807, 2.05) is 0 Å². The van der Waals surface area contributed by atoms with Crippen molar-refractivity contribution in [2.75, 3.05) is 5.32 Å². The van der Waals surface area contributed by atoms with Gasteiger partial charge in [-0.2, -0.15) is 4.39 Å². The van der Waals surface area contributed by atoms with Gasteiger partial charge in [0, 0.05) is 28.3 Å². The van der Waals surface area contributed by atoms with Gasteiger partial charge < -0.3 is 25.3 Å². The number of pyridine rings is 1. The molecule has 2 amide bonds. The Labute approximate surface area is 226 Å². The van der Waals surface area contributed by atoms with E-state index in [4.69, 9.17) is 38.4 Å². The molecule has 0 spiro atoms. The second-order valence-corrected chi connectivity index (χ2v) is 9.42. The van der Waals surface area contributed by atoms with Gasteiger partial charge in [0.1, 0.15) is 40.5 Å². The van der Waals surface area contributed by atoms with Gasteiger partial charge in [0.25, 0.3) is 11.8 Å². The molecule has 0 radical (unpaired) electrons. The average molecular weight is 570 g/mol. The van der Waals surface area contributed by atoms with Gasteiger partial charge in [-0.1, -0.05) is 23.2 Å². The molecule has 2 aromatic carbocycles. The predicted octanol–water partition coefficient (Wildman–Crippen LogP) is 2.46. The number of ether oxygens (including phenoxy) is 3. The molecular weight excluding hydrogens is 554 g/mol. The lowest BCUT2D eigenvalue weighted by molar-refractivity contribution is -0.275. The molecule has 0 fully saturated rings. The molecule has 0 aliphatic rings. The summed E-state index contributed by atoms with van der Waals surface area (Å²) in [7, 11) is 4.58. The van der Waals surface area contributed by atoms with Crippen LogP contribution < -0.4 is 25.3 Å². The Bertz CT molecular complexity index is 1410. The Morgan fingerprint density at radius 1 is 0.974 bits per heavy atom. The molecule has 1 heterocycles. The fourth-order valence-corrected chi connectivity index (χ4v) is 3.57. The van der Waals surface area contributed by atoms with Crippen molar-refractivity contribution in [1.82, 2.24) is 4.98 Å². The van der Waals surface area contributed by atoms with Crippen LogP contribution in [-0.2, 0) is 0 Å². The highest BCUT2D eigenvalue weighted by molar-refractivity contribution is 6.58. The minimum Gasteiger partial charge on any atom is -0.508 e. The first kappa shape index (κ1) is 29.0. The second-order valence-electron chi connectivity index (χ2n) is 8.58. The summed E-state index contributed by atoms with van der Waals surface area (Å²) in [6, 6.07) is 6.65. The van der Waals surface area contributed by atoms with Crippen LogP contribution in [0.3, 0.4) is 0 Å². The third kappa shape index (κ3) is 7.48. The van der Waals surface area contributed by atoms with Crippen LogP contribution in [-0.4, -0.2) is 52.0 Å². The van der Waals surface area contributed by atoms with Crippen molar-refractivity contribution >= 4 is 64.2 Å². The number of halogens is 6. The zero-order valence-corrected chi connectivity index (χ0v) is 21.4. The molecule has 1 aromatic heterocycles. The number of benzene rings is 2. The van der Waals surface area contributed by atoms with Crippen molar-refractivity contribution in [2.45, 2.75) is 11.7 Å². The van der Waals surface area contributed by atoms with E-state index in [1.54, 1.807) is 0 Å². The van der Waals surface area contributed by atoms with Crippen LogP contribution in [0.2, 0.25) is 10.0 Å². The summed E-state index contributed by atoms with van der Waals surface area (Å²) in [4.78, 5) is 28.3. The smallest absolute Gasteiger partial charge is 0.508 e. The van der Waals surface area contributed by atoms with E-state index < -0.39 is 46.5 Å². The van der Waals surface area contributed by atoms with Crippen molar-refractivity contribution in [3.63, 3.8) is 0 Å². The maximum absolute atomic E-state index is 15.1. The minimum absolute atomic E-state index is 0.0252. The summed E-state index contributed by atoms with van der Waals surface area (Å²) in [5, 5.41) is 1.26. The first-order chi connectivity index (χ1) is 17.5. The number of hydrogen-bond acceptors (Lipinski definition) is 6. The normalized spacial score (nSPS) is 11.5. The Hall–Kier alpha value is -3.58. The number of nitrogens with two attached hydrogens (primary N) is 1. The Morgan fingerprint density at radius 2 is 1.63 bits per heavy atom. The number of amides is 2. The maximum Gasteiger partial charge on any atom is 0.573 e. The molecule has 8 nitrogen and oxygen atoms in total. The van der Waals surface area contributed by atoms with E-state index in [0.29, 0.717) is 6.07 Å². The molecule has 3 N–H and O–H groups in total. The summed E-state index contributed by atoms with van der Waals surface area (Å²) in [6.07, 6.45) is -3.94. The molecule has 0 atom stereocenters. The van der Waals surface area contributed by atoms with Gasteiger partial charge in [0.15, 0.2) is 17.2 Å². The molecule has 3 rings (SSSR count). The zero-order chi connectivity index (χ0) is 28.4. The highest BCUT2D eigenvalue weighted by Gasteiger charge is 2.34. The van der Waals surface area contributed by atoms with Gasteiger partial charge >= 0.3 is 6.36 Å². The number of alkyl halides is 3. The molecule has 0 unspecified atom stereocenters. The molecule has 0 saturated heterocycles. The van der Waals surface area contributed by atoms with Crippen LogP contribution in [0.4, 0.5) is 23.2 Å². The second kappa shape index (κ2) is 11.0. The van der Waals surface area contributed by atoms with Gasteiger partial charge in [0.05, 0.1) is 5.02 Å². The number of aromatic nitrogens is 1. The number of nitrogens with one attached hydrogen (secondary N) is 1. The van der Waals surface area contributed by atoms with E-state index in [2.05, 4.69) is 15.0 Å². The van der Waals surface area contributed by atoms with E-state index in [0.717, 1.165) is 6.07 Å². The zero-order valence-electron chi connectivity index (χ0n) is 19.9. The lowest BCUT2D eigenvalue weighted by Gasteiger charge is -2.25. The van der Waals surface area contributed by atoms with Crippen molar-refractivity contribution in [3.8, 4) is 23.0 Å². The SMILES string of the molecule is BC(B)(B)Oc1c(Oc2cc(Cl)cc(Cl)c2C(=O)Nc2ccnc(C(N)=O)c2)ccc(OC(F)(F)F)c1F. The van der Waals surface area contributed by atoms with E-state index in [9.17, 15) is 22.8 Å². The summed E-state index contributed by atoms with van der Waals surface area (Å²) < 4.78 is 68.3. The van der Waals surface area contributed by atoms with Gasteiger partial charge in [-0.3, -0.25) is 14.6 Å². The first-order valence-electron chi connectivity index (χ1n) is 10.6. The monoisotopic (exact) mass is 569 g/mol. The highest BCUT2D eigenvalue weighted by atomic mass is 35.5. The van der Waals surface area contributed by atoms with Crippen LogP contribution >= 0.6 is 23.2 Å². The lowest BCUT2D eigenvalue weighted by Crippen LogP contribution is -2.38. The number of primary amides is 1. The number of carbonyl (C=O) groups excluding carboxylic acids is 2.